The van der Waals surface area contributed by atoms with Gasteiger partial charge in [-0.2, -0.15) is 0 Å². The number of esters is 1. The highest BCUT2D eigenvalue weighted by Crippen LogP contribution is 2.23. The van der Waals surface area contributed by atoms with Crippen molar-refractivity contribution in [1.29, 1.82) is 0 Å². The largest absolute Gasteiger partial charge is 0.461 e. The van der Waals surface area contributed by atoms with Gasteiger partial charge in [0.2, 0.25) is 5.91 Å². The molecule has 3 rings (SSSR count). The van der Waals surface area contributed by atoms with Crippen molar-refractivity contribution in [2.75, 3.05) is 18.5 Å². The van der Waals surface area contributed by atoms with Crippen molar-refractivity contribution in [1.82, 2.24) is 5.32 Å². The van der Waals surface area contributed by atoms with Crippen molar-refractivity contribution in [3.63, 3.8) is 0 Å². The van der Waals surface area contributed by atoms with Gasteiger partial charge >= 0.3 is 5.97 Å². The predicted molar refractivity (Wildman–Crippen MR) is 126 cm³/mol. The third kappa shape index (κ3) is 7.07. The number of anilines is 1. The normalized spacial score (nSPS) is 10.5. The second-order valence-corrected chi connectivity index (χ2v) is 7.89. The van der Waals surface area contributed by atoms with Crippen LogP contribution in [0.3, 0.4) is 0 Å². The molecule has 0 unspecified atom stereocenters. The number of carbonyl (C=O) groups excluding carboxylic acids is 3. The predicted octanol–water partition coefficient (Wildman–Crippen LogP) is 4.10. The first-order valence-corrected chi connectivity index (χ1v) is 10.8. The smallest absolute Gasteiger partial charge is 0.306 e. The van der Waals surface area contributed by atoms with Crippen molar-refractivity contribution in [2.24, 2.45) is 0 Å². The highest BCUT2D eigenvalue weighted by Gasteiger charge is 2.13. The summed E-state index contributed by atoms with van der Waals surface area (Å²) in [5.74, 6) is -0.0172. The summed E-state index contributed by atoms with van der Waals surface area (Å²) in [6, 6.07) is 17.3. The van der Waals surface area contributed by atoms with Crippen LogP contribution in [-0.2, 0) is 25.5 Å². The number of ether oxygens (including phenoxy) is 1. The number of hydrogen-bond donors (Lipinski definition) is 2. The fourth-order valence-electron chi connectivity index (χ4n) is 3.50. The summed E-state index contributed by atoms with van der Waals surface area (Å²) in [6.07, 6.45) is 0.451. The third-order valence-electron chi connectivity index (χ3n) is 5.05. The molecule has 0 radical (unpaired) electrons. The van der Waals surface area contributed by atoms with Gasteiger partial charge in [-0.05, 0) is 44.0 Å². The topological polar surface area (TPSA) is 97.6 Å². The Labute approximate surface area is 193 Å². The number of furan rings is 1. The van der Waals surface area contributed by atoms with Gasteiger partial charge in [-0.3, -0.25) is 14.4 Å². The number of aryl methyl sites for hydroxylation is 4. The number of benzene rings is 2. The number of rotatable bonds is 9. The molecule has 1 heterocycles. The second kappa shape index (κ2) is 11.1. The SMILES string of the molecule is Cc1cc(C)c(NC(=O)CNC(=O)COC(=O)CCc2ccc(-c3ccccc3)o2)c(C)c1. The Morgan fingerprint density at radius 3 is 2.30 bits per heavy atom. The average molecular weight is 449 g/mol. The summed E-state index contributed by atoms with van der Waals surface area (Å²) in [5.41, 5.74) is 4.71. The van der Waals surface area contributed by atoms with Crippen LogP contribution >= 0.6 is 0 Å². The van der Waals surface area contributed by atoms with Crippen LogP contribution in [0.15, 0.2) is 59.0 Å². The third-order valence-corrected chi connectivity index (χ3v) is 5.05. The van der Waals surface area contributed by atoms with Gasteiger partial charge in [0.05, 0.1) is 13.0 Å². The summed E-state index contributed by atoms with van der Waals surface area (Å²) in [6.45, 7) is 5.17. The summed E-state index contributed by atoms with van der Waals surface area (Å²) in [4.78, 5) is 36.1. The Bertz CT molecular complexity index is 1110. The minimum absolute atomic E-state index is 0.0848. The number of carbonyl (C=O) groups is 3. The van der Waals surface area contributed by atoms with Gasteiger partial charge in [-0.25, -0.2) is 0 Å². The monoisotopic (exact) mass is 448 g/mol. The molecule has 0 bridgehead atoms. The quantitative estimate of drug-likeness (QED) is 0.480. The molecule has 2 aromatic carbocycles. The minimum atomic E-state index is -0.541. The van der Waals surface area contributed by atoms with Crippen LogP contribution in [0.1, 0.15) is 28.9 Å². The molecule has 0 saturated carbocycles. The van der Waals surface area contributed by atoms with Crippen LogP contribution in [0.4, 0.5) is 5.69 Å². The van der Waals surface area contributed by atoms with Gasteiger partial charge in [0, 0.05) is 17.7 Å². The highest BCUT2D eigenvalue weighted by atomic mass is 16.5. The minimum Gasteiger partial charge on any atom is -0.461 e. The number of nitrogens with one attached hydrogen (secondary N) is 2. The maximum atomic E-state index is 12.2. The van der Waals surface area contributed by atoms with Gasteiger partial charge in [0.1, 0.15) is 11.5 Å². The Hall–Kier alpha value is -3.87. The van der Waals surface area contributed by atoms with Crippen LogP contribution < -0.4 is 10.6 Å². The molecule has 0 saturated heterocycles. The molecule has 1 aromatic heterocycles. The molecule has 33 heavy (non-hydrogen) atoms. The van der Waals surface area contributed by atoms with Gasteiger partial charge < -0.3 is 19.8 Å². The zero-order valence-corrected chi connectivity index (χ0v) is 19.1. The van der Waals surface area contributed by atoms with Gasteiger partial charge in [-0.1, -0.05) is 48.0 Å². The van der Waals surface area contributed by atoms with E-state index in [2.05, 4.69) is 10.6 Å². The van der Waals surface area contributed by atoms with Crippen molar-refractivity contribution in [3.05, 3.63) is 77.0 Å². The van der Waals surface area contributed by atoms with Crippen molar-refractivity contribution in [3.8, 4) is 11.3 Å². The van der Waals surface area contributed by atoms with E-state index < -0.39 is 18.5 Å². The molecule has 0 fully saturated rings. The molecule has 0 spiro atoms. The fourth-order valence-corrected chi connectivity index (χ4v) is 3.50. The first kappa shape index (κ1) is 23.8. The van der Waals surface area contributed by atoms with Crippen molar-refractivity contribution >= 4 is 23.5 Å². The maximum Gasteiger partial charge on any atom is 0.306 e. The molecule has 0 aliphatic carbocycles. The van der Waals surface area contributed by atoms with Crippen LogP contribution in [0.25, 0.3) is 11.3 Å². The molecule has 0 aliphatic rings. The Kier molecular flexibility index (Phi) is 8.02. The summed E-state index contributed by atoms with van der Waals surface area (Å²) in [5, 5.41) is 5.26. The Morgan fingerprint density at radius 2 is 1.61 bits per heavy atom. The van der Waals surface area contributed by atoms with Crippen LogP contribution in [0, 0.1) is 20.8 Å². The zero-order valence-electron chi connectivity index (χ0n) is 19.1. The van der Waals surface area contributed by atoms with Gasteiger partial charge in [0.25, 0.3) is 5.91 Å². The lowest BCUT2D eigenvalue weighted by atomic mass is 10.1. The summed E-state index contributed by atoms with van der Waals surface area (Å²) >= 11 is 0. The van der Waals surface area contributed by atoms with Crippen molar-refractivity contribution in [2.45, 2.75) is 33.6 Å². The molecule has 0 aliphatic heterocycles. The molecule has 3 aromatic rings. The van der Waals surface area contributed by atoms with Gasteiger partial charge in [0.15, 0.2) is 6.61 Å². The summed E-state index contributed by atoms with van der Waals surface area (Å²) in [7, 11) is 0. The van der Waals surface area contributed by atoms with E-state index in [1.807, 2.05) is 75.4 Å². The number of amides is 2. The van der Waals surface area contributed by atoms with Crippen LogP contribution in [0.2, 0.25) is 0 Å². The molecule has 172 valence electrons. The first-order chi connectivity index (χ1) is 15.8. The lowest BCUT2D eigenvalue weighted by Gasteiger charge is -2.13. The van der Waals surface area contributed by atoms with E-state index in [1.54, 1.807) is 0 Å². The van der Waals surface area contributed by atoms with Gasteiger partial charge in [-0.15, -0.1) is 0 Å². The first-order valence-electron chi connectivity index (χ1n) is 10.8. The Morgan fingerprint density at radius 1 is 0.909 bits per heavy atom. The number of hydrogen-bond acceptors (Lipinski definition) is 5. The van der Waals surface area contributed by atoms with E-state index in [4.69, 9.17) is 9.15 Å². The van der Waals surface area contributed by atoms with Crippen LogP contribution in [-0.4, -0.2) is 30.9 Å². The molecule has 7 heteroatoms. The fraction of sp³-hybridized carbons (Fsp3) is 0.269. The molecular formula is C26H28N2O5. The van der Waals surface area contributed by atoms with E-state index in [0.717, 1.165) is 33.7 Å². The van der Waals surface area contributed by atoms with E-state index in [0.29, 0.717) is 12.2 Å². The lowest BCUT2D eigenvalue weighted by molar-refractivity contribution is -0.148. The van der Waals surface area contributed by atoms with E-state index in [9.17, 15) is 14.4 Å². The standard InChI is InChI=1S/C26H28N2O5/c1-17-13-18(2)26(19(3)14-17)28-23(29)15-27-24(30)16-32-25(31)12-10-21-9-11-22(33-21)20-7-5-4-6-8-20/h4-9,11,13-14H,10,12,15-16H2,1-3H3,(H,27,30)(H,28,29). The highest BCUT2D eigenvalue weighted by molar-refractivity contribution is 5.96. The van der Waals surface area contributed by atoms with E-state index in [1.165, 1.54) is 0 Å². The second-order valence-electron chi connectivity index (χ2n) is 7.89. The molecule has 0 atom stereocenters. The van der Waals surface area contributed by atoms with E-state index in [-0.39, 0.29) is 18.9 Å². The maximum absolute atomic E-state index is 12.2. The Balaban J connectivity index is 1.36. The molecule has 2 amide bonds. The lowest BCUT2D eigenvalue weighted by Crippen LogP contribution is -2.35. The summed E-state index contributed by atoms with van der Waals surface area (Å²) < 4.78 is 10.7. The van der Waals surface area contributed by atoms with E-state index >= 15 is 0 Å². The molecule has 7 nitrogen and oxygen atoms in total. The average Bonchev–Trinajstić information content (AvgIpc) is 3.27. The molecule has 2 N–H and O–H groups in total. The zero-order chi connectivity index (χ0) is 23.8. The van der Waals surface area contributed by atoms with Crippen LogP contribution in [0.5, 0.6) is 0 Å². The molecular weight excluding hydrogens is 420 g/mol. The van der Waals surface area contributed by atoms with Crippen molar-refractivity contribution < 1.29 is 23.5 Å².